The zero-order valence-corrected chi connectivity index (χ0v) is 9.63. The third-order valence-electron chi connectivity index (χ3n) is 2.03. The number of halogens is 1. The average molecular weight is 243 g/mol. The lowest BCUT2D eigenvalue weighted by Crippen LogP contribution is -2.24. The summed E-state index contributed by atoms with van der Waals surface area (Å²) in [6, 6.07) is 2.65. The molecule has 1 aromatic rings. The van der Waals surface area contributed by atoms with E-state index in [1.807, 2.05) is 6.20 Å². The Hall–Kier alpha value is -0.410. The summed E-state index contributed by atoms with van der Waals surface area (Å²) in [5, 5.41) is 3.41. The van der Waals surface area contributed by atoms with E-state index < -0.39 is 0 Å². The van der Waals surface area contributed by atoms with Crippen molar-refractivity contribution in [1.29, 1.82) is 0 Å². The number of nitrogens with one attached hydrogen (secondary N) is 1. The van der Waals surface area contributed by atoms with Crippen LogP contribution in [-0.2, 0) is 6.54 Å². The van der Waals surface area contributed by atoms with E-state index in [9.17, 15) is 0 Å². The maximum absolute atomic E-state index is 4.10. The van der Waals surface area contributed by atoms with Crippen LogP contribution in [0.5, 0.6) is 0 Å². The van der Waals surface area contributed by atoms with Crippen molar-refractivity contribution in [3.05, 3.63) is 28.5 Å². The van der Waals surface area contributed by atoms with Crippen LogP contribution in [0.15, 0.2) is 22.9 Å². The Morgan fingerprint density at radius 3 is 2.92 bits per heavy atom. The Balaban J connectivity index is 2.45. The van der Waals surface area contributed by atoms with E-state index in [0.29, 0.717) is 6.04 Å². The maximum Gasteiger partial charge on any atom is 0.0410 e. The molecule has 13 heavy (non-hydrogen) atoms. The number of hydrogen-bond donors (Lipinski definition) is 1. The molecule has 0 bridgehead atoms. The van der Waals surface area contributed by atoms with E-state index in [4.69, 9.17) is 0 Å². The first-order valence-corrected chi connectivity index (χ1v) is 5.34. The topological polar surface area (TPSA) is 24.9 Å². The highest BCUT2D eigenvalue weighted by molar-refractivity contribution is 9.10. The summed E-state index contributed by atoms with van der Waals surface area (Å²) in [5.41, 5.74) is 1.22. The molecule has 0 amide bonds. The van der Waals surface area contributed by atoms with Crippen LogP contribution < -0.4 is 5.32 Å². The van der Waals surface area contributed by atoms with E-state index in [0.717, 1.165) is 17.4 Å². The molecule has 0 aliphatic heterocycles. The highest BCUT2D eigenvalue weighted by Crippen LogP contribution is 2.09. The minimum absolute atomic E-state index is 0.569. The number of nitrogens with zero attached hydrogens (tertiary/aromatic N) is 1. The fourth-order valence-corrected chi connectivity index (χ4v) is 1.40. The van der Waals surface area contributed by atoms with Gasteiger partial charge in [-0.2, -0.15) is 0 Å². The molecule has 72 valence electrons. The first kappa shape index (κ1) is 10.7. The van der Waals surface area contributed by atoms with Gasteiger partial charge in [-0.3, -0.25) is 4.98 Å². The Labute approximate surface area is 87.9 Å². The van der Waals surface area contributed by atoms with Crippen molar-refractivity contribution in [1.82, 2.24) is 10.3 Å². The third-order valence-corrected chi connectivity index (χ3v) is 2.46. The van der Waals surface area contributed by atoms with Gasteiger partial charge < -0.3 is 5.32 Å². The summed E-state index contributed by atoms with van der Waals surface area (Å²) >= 11 is 3.40. The molecule has 0 fully saturated rings. The predicted molar refractivity (Wildman–Crippen MR) is 58.5 cm³/mol. The van der Waals surface area contributed by atoms with Gasteiger partial charge in [-0.25, -0.2) is 0 Å². The Kier molecular flexibility index (Phi) is 4.39. The molecule has 0 saturated heterocycles. The van der Waals surface area contributed by atoms with Crippen LogP contribution in [0.4, 0.5) is 0 Å². The van der Waals surface area contributed by atoms with Crippen LogP contribution in [0.1, 0.15) is 25.8 Å². The van der Waals surface area contributed by atoms with Crippen molar-refractivity contribution < 1.29 is 0 Å². The molecule has 3 heteroatoms. The zero-order valence-electron chi connectivity index (χ0n) is 8.05. The molecule has 0 unspecified atom stereocenters. The first-order chi connectivity index (χ1) is 6.22. The van der Waals surface area contributed by atoms with Gasteiger partial charge in [0.05, 0.1) is 0 Å². The van der Waals surface area contributed by atoms with E-state index in [-0.39, 0.29) is 0 Å². The van der Waals surface area contributed by atoms with Crippen molar-refractivity contribution in [2.75, 3.05) is 0 Å². The second kappa shape index (κ2) is 5.35. The SMILES string of the molecule is CC[C@H](C)NCc1cncc(Br)c1. The Bertz CT molecular complexity index is 263. The largest absolute Gasteiger partial charge is 0.310 e. The lowest BCUT2D eigenvalue weighted by atomic mass is 10.2. The number of hydrogen-bond acceptors (Lipinski definition) is 2. The zero-order chi connectivity index (χ0) is 9.68. The molecule has 1 N–H and O–H groups in total. The minimum atomic E-state index is 0.569. The van der Waals surface area contributed by atoms with Gasteiger partial charge in [-0.1, -0.05) is 6.92 Å². The molecule has 2 nitrogen and oxygen atoms in total. The molecular formula is C10H15BrN2. The molecule has 1 atom stereocenters. The normalized spacial score (nSPS) is 12.8. The van der Waals surface area contributed by atoms with Crippen LogP contribution >= 0.6 is 15.9 Å². The number of pyridine rings is 1. The molecule has 0 aliphatic carbocycles. The van der Waals surface area contributed by atoms with Crippen LogP contribution in [-0.4, -0.2) is 11.0 Å². The summed E-state index contributed by atoms with van der Waals surface area (Å²) in [7, 11) is 0. The van der Waals surface area contributed by atoms with Crippen molar-refractivity contribution in [2.45, 2.75) is 32.9 Å². The molecule has 1 aromatic heterocycles. The lowest BCUT2D eigenvalue weighted by molar-refractivity contribution is 0.533. The van der Waals surface area contributed by atoms with E-state index >= 15 is 0 Å². The Morgan fingerprint density at radius 1 is 1.54 bits per heavy atom. The smallest absolute Gasteiger partial charge is 0.0410 e. The maximum atomic E-state index is 4.10. The molecule has 1 heterocycles. The van der Waals surface area contributed by atoms with Crippen molar-refractivity contribution in [3.8, 4) is 0 Å². The summed E-state index contributed by atoms with van der Waals surface area (Å²) in [5.74, 6) is 0. The molecule has 0 saturated carbocycles. The van der Waals surface area contributed by atoms with E-state index in [1.54, 1.807) is 6.20 Å². The standard InChI is InChI=1S/C10H15BrN2/c1-3-8(2)13-6-9-4-10(11)7-12-5-9/h4-5,7-8,13H,3,6H2,1-2H3/t8-/m0/s1. The third kappa shape index (κ3) is 3.87. The fraction of sp³-hybridized carbons (Fsp3) is 0.500. The van der Waals surface area contributed by atoms with E-state index in [2.05, 4.69) is 46.1 Å². The second-order valence-electron chi connectivity index (χ2n) is 3.20. The van der Waals surface area contributed by atoms with Crippen molar-refractivity contribution >= 4 is 15.9 Å². The minimum Gasteiger partial charge on any atom is -0.310 e. The van der Waals surface area contributed by atoms with Gasteiger partial charge in [0, 0.05) is 29.5 Å². The predicted octanol–water partition coefficient (Wildman–Crippen LogP) is 2.73. The van der Waals surface area contributed by atoms with Gasteiger partial charge in [-0.05, 0) is 40.9 Å². The number of aromatic nitrogens is 1. The molecular weight excluding hydrogens is 228 g/mol. The van der Waals surface area contributed by atoms with Crippen LogP contribution in [0.3, 0.4) is 0 Å². The van der Waals surface area contributed by atoms with Crippen LogP contribution in [0, 0.1) is 0 Å². The van der Waals surface area contributed by atoms with Gasteiger partial charge in [0.1, 0.15) is 0 Å². The Morgan fingerprint density at radius 2 is 2.31 bits per heavy atom. The van der Waals surface area contributed by atoms with Crippen LogP contribution in [0.2, 0.25) is 0 Å². The quantitative estimate of drug-likeness (QED) is 0.879. The summed E-state index contributed by atoms with van der Waals surface area (Å²) in [6.45, 7) is 5.25. The van der Waals surface area contributed by atoms with E-state index in [1.165, 1.54) is 5.56 Å². The summed E-state index contributed by atoms with van der Waals surface area (Å²) < 4.78 is 1.04. The highest BCUT2D eigenvalue weighted by Gasteiger charge is 1.98. The van der Waals surface area contributed by atoms with Gasteiger partial charge in [-0.15, -0.1) is 0 Å². The molecule has 0 aromatic carbocycles. The van der Waals surface area contributed by atoms with Crippen LogP contribution in [0.25, 0.3) is 0 Å². The summed E-state index contributed by atoms with van der Waals surface area (Å²) in [4.78, 5) is 4.10. The monoisotopic (exact) mass is 242 g/mol. The van der Waals surface area contributed by atoms with Gasteiger partial charge >= 0.3 is 0 Å². The van der Waals surface area contributed by atoms with Crippen molar-refractivity contribution in [2.24, 2.45) is 0 Å². The molecule has 0 aliphatic rings. The number of rotatable bonds is 4. The molecule has 0 spiro atoms. The van der Waals surface area contributed by atoms with Gasteiger partial charge in [0.15, 0.2) is 0 Å². The lowest BCUT2D eigenvalue weighted by Gasteiger charge is -2.10. The second-order valence-corrected chi connectivity index (χ2v) is 4.12. The molecule has 0 radical (unpaired) electrons. The van der Waals surface area contributed by atoms with Crippen molar-refractivity contribution in [3.63, 3.8) is 0 Å². The molecule has 1 rings (SSSR count). The average Bonchev–Trinajstić information content (AvgIpc) is 2.14. The first-order valence-electron chi connectivity index (χ1n) is 4.55. The highest BCUT2D eigenvalue weighted by atomic mass is 79.9. The van der Waals surface area contributed by atoms with Gasteiger partial charge in [0.2, 0.25) is 0 Å². The fourth-order valence-electron chi connectivity index (χ4n) is 0.989. The van der Waals surface area contributed by atoms with Gasteiger partial charge in [0.25, 0.3) is 0 Å². The summed E-state index contributed by atoms with van der Waals surface area (Å²) in [6.07, 6.45) is 4.84.